The first-order valence-corrected chi connectivity index (χ1v) is 11.7. The maximum atomic E-state index is 4.84. The standard InChI is InChI=1S/C25H41N.C2H4.CH4/c1-7-10-19-11-12-20-22-14-13-21(18(4)26-9-3)25(22,6)17-15-23(20)24(19,5)16-8-2;1-2;/h7,10,20-23H,1,8-9,11-17H2,2-6H3;1-2H2;1H4/b19-10-,26-18?;;. The van der Waals surface area contributed by atoms with Crippen molar-refractivity contribution in [2.45, 2.75) is 93.4 Å². The molecule has 6 atom stereocenters. The van der Waals surface area contributed by atoms with Crippen molar-refractivity contribution in [1.29, 1.82) is 0 Å². The molecule has 3 saturated carbocycles. The van der Waals surface area contributed by atoms with Gasteiger partial charge in [-0.3, -0.25) is 4.99 Å². The molecule has 0 aromatic heterocycles. The minimum absolute atomic E-state index is 0. The van der Waals surface area contributed by atoms with E-state index >= 15 is 0 Å². The van der Waals surface area contributed by atoms with Crippen LogP contribution in [0.25, 0.3) is 0 Å². The van der Waals surface area contributed by atoms with E-state index in [2.05, 4.69) is 60.4 Å². The van der Waals surface area contributed by atoms with E-state index in [9.17, 15) is 0 Å². The van der Waals surface area contributed by atoms with Gasteiger partial charge in [0.1, 0.15) is 0 Å². The maximum absolute atomic E-state index is 4.84. The highest BCUT2D eigenvalue weighted by atomic mass is 14.7. The van der Waals surface area contributed by atoms with Gasteiger partial charge in [-0.05, 0) is 87.4 Å². The lowest BCUT2D eigenvalue weighted by Gasteiger charge is -2.57. The van der Waals surface area contributed by atoms with Gasteiger partial charge in [0.2, 0.25) is 0 Å². The lowest BCUT2D eigenvalue weighted by molar-refractivity contribution is -0.0408. The molecule has 1 nitrogen and oxygen atoms in total. The molecule has 0 N–H and O–H groups in total. The van der Waals surface area contributed by atoms with E-state index in [1.54, 1.807) is 5.57 Å². The van der Waals surface area contributed by atoms with Crippen LogP contribution in [0.2, 0.25) is 0 Å². The molecule has 3 rings (SSSR count). The fraction of sp³-hybridized carbons (Fsp3) is 0.750. The van der Waals surface area contributed by atoms with Gasteiger partial charge in [-0.25, -0.2) is 0 Å². The highest BCUT2D eigenvalue weighted by molar-refractivity contribution is 5.85. The van der Waals surface area contributed by atoms with Gasteiger partial charge in [-0.15, -0.1) is 13.2 Å². The van der Waals surface area contributed by atoms with Gasteiger partial charge in [0.15, 0.2) is 0 Å². The fourth-order valence-electron chi connectivity index (χ4n) is 7.65. The minimum atomic E-state index is 0. The summed E-state index contributed by atoms with van der Waals surface area (Å²) in [5.41, 5.74) is 4.03. The number of hydrogen-bond acceptors (Lipinski definition) is 1. The van der Waals surface area contributed by atoms with Gasteiger partial charge < -0.3 is 0 Å². The summed E-state index contributed by atoms with van der Waals surface area (Å²) in [6, 6.07) is 0. The largest absolute Gasteiger partial charge is 0.294 e. The molecule has 0 saturated heterocycles. The normalized spacial score (nSPS) is 40.2. The van der Waals surface area contributed by atoms with Crippen LogP contribution in [0.15, 0.2) is 42.5 Å². The van der Waals surface area contributed by atoms with Crippen molar-refractivity contribution in [2.75, 3.05) is 6.54 Å². The summed E-state index contributed by atoms with van der Waals surface area (Å²) in [6.07, 6.45) is 15.4. The third-order valence-corrected chi connectivity index (χ3v) is 8.74. The topological polar surface area (TPSA) is 12.4 Å². The number of fused-ring (bicyclic) bond motifs is 3. The first-order valence-electron chi connectivity index (χ1n) is 11.7. The summed E-state index contributed by atoms with van der Waals surface area (Å²) in [6.45, 7) is 23.0. The molecule has 0 heterocycles. The minimum Gasteiger partial charge on any atom is -0.294 e. The molecule has 0 spiro atoms. The second-order valence-electron chi connectivity index (χ2n) is 9.80. The Labute approximate surface area is 182 Å². The zero-order chi connectivity index (χ0) is 20.9. The zero-order valence-electron chi connectivity index (χ0n) is 19.4. The molecule has 166 valence electrons. The molecule has 3 aliphatic rings. The number of nitrogens with zero attached hydrogens (tertiary/aromatic N) is 1. The molecule has 1 heteroatoms. The van der Waals surface area contributed by atoms with Crippen LogP contribution in [0.1, 0.15) is 93.4 Å². The van der Waals surface area contributed by atoms with Crippen LogP contribution in [0.3, 0.4) is 0 Å². The van der Waals surface area contributed by atoms with Gasteiger partial charge >= 0.3 is 0 Å². The van der Waals surface area contributed by atoms with Crippen LogP contribution in [0.5, 0.6) is 0 Å². The predicted molar refractivity (Wildman–Crippen MR) is 133 cm³/mol. The number of hydrogen-bond donors (Lipinski definition) is 0. The summed E-state index contributed by atoms with van der Waals surface area (Å²) >= 11 is 0. The second kappa shape index (κ2) is 10.8. The van der Waals surface area contributed by atoms with Gasteiger partial charge in [0.25, 0.3) is 0 Å². The van der Waals surface area contributed by atoms with Gasteiger partial charge in [0, 0.05) is 18.2 Å². The maximum Gasteiger partial charge on any atom is 0.0360 e. The van der Waals surface area contributed by atoms with E-state index in [-0.39, 0.29) is 7.43 Å². The smallest absolute Gasteiger partial charge is 0.0360 e. The van der Waals surface area contributed by atoms with Crippen molar-refractivity contribution in [1.82, 2.24) is 0 Å². The van der Waals surface area contributed by atoms with Crippen LogP contribution >= 0.6 is 0 Å². The first-order chi connectivity index (χ1) is 13.4. The highest BCUT2D eigenvalue weighted by Crippen LogP contribution is 2.66. The molecule has 0 radical (unpaired) electrons. The van der Waals surface area contributed by atoms with E-state index < -0.39 is 0 Å². The monoisotopic (exact) mass is 399 g/mol. The SMILES string of the molecule is C.C=C.C=C/C=C1/CCC2C(CCC3(C)C(C(C)=NCC)CCC23)C1(C)CCC. The average molecular weight is 400 g/mol. The third-order valence-electron chi connectivity index (χ3n) is 8.74. The van der Waals surface area contributed by atoms with E-state index in [1.165, 1.54) is 57.1 Å². The predicted octanol–water partition coefficient (Wildman–Crippen LogP) is 8.68. The quantitative estimate of drug-likeness (QED) is 0.324. The summed E-state index contributed by atoms with van der Waals surface area (Å²) in [7, 11) is 0. The zero-order valence-corrected chi connectivity index (χ0v) is 19.4. The molecular weight excluding hydrogens is 350 g/mol. The van der Waals surface area contributed by atoms with Crippen molar-refractivity contribution in [2.24, 2.45) is 39.5 Å². The van der Waals surface area contributed by atoms with Crippen molar-refractivity contribution in [3.63, 3.8) is 0 Å². The van der Waals surface area contributed by atoms with Gasteiger partial charge in [0.05, 0.1) is 0 Å². The van der Waals surface area contributed by atoms with Crippen molar-refractivity contribution in [3.8, 4) is 0 Å². The third kappa shape index (κ3) is 4.49. The van der Waals surface area contributed by atoms with Crippen molar-refractivity contribution < 1.29 is 0 Å². The Kier molecular flexibility index (Phi) is 9.64. The van der Waals surface area contributed by atoms with Crippen LogP contribution in [0, 0.1) is 34.5 Å². The molecule has 0 bridgehead atoms. The molecule has 3 aliphatic carbocycles. The Morgan fingerprint density at radius 3 is 2.38 bits per heavy atom. The Morgan fingerprint density at radius 2 is 1.79 bits per heavy atom. The Hall–Kier alpha value is -1.11. The van der Waals surface area contributed by atoms with Crippen LogP contribution in [-0.4, -0.2) is 12.3 Å². The van der Waals surface area contributed by atoms with E-state index in [1.807, 2.05) is 6.08 Å². The molecule has 29 heavy (non-hydrogen) atoms. The fourth-order valence-corrected chi connectivity index (χ4v) is 7.65. The molecule has 0 aromatic carbocycles. The molecule has 3 fully saturated rings. The number of allylic oxidation sites excluding steroid dienone is 3. The number of rotatable bonds is 5. The summed E-state index contributed by atoms with van der Waals surface area (Å²) < 4.78 is 0. The van der Waals surface area contributed by atoms with Crippen LogP contribution in [0.4, 0.5) is 0 Å². The Bertz CT molecular complexity index is 599. The van der Waals surface area contributed by atoms with E-state index in [0.29, 0.717) is 10.8 Å². The molecule has 6 unspecified atom stereocenters. The van der Waals surface area contributed by atoms with E-state index in [4.69, 9.17) is 4.99 Å². The summed E-state index contributed by atoms with van der Waals surface area (Å²) in [5.74, 6) is 3.44. The Morgan fingerprint density at radius 1 is 1.10 bits per heavy atom. The molecule has 0 aromatic rings. The van der Waals surface area contributed by atoms with Crippen LogP contribution in [-0.2, 0) is 0 Å². The summed E-state index contributed by atoms with van der Waals surface area (Å²) in [5, 5.41) is 0. The van der Waals surface area contributed by atoms with E-state index in [0.717, 1.165) is 30.2 Å². The molecular formula is C28H49N. The second-order valence-corrected chi connectivity index (χ2v) is 9.80. The molecule has 0 amide bonds. The van der Waals surface area contributed by atoms with Crippen LogP contribution < -0.4 is 0 Å². The summed E-state index contributed by atoms with van der Waals surface area (Å²) in [4.78, 5) is 4.84. The lowest BCUT2D eigenvalue weighted by Crippen LogP contribution is -2.50. The van der Waals surface area contributed by atoms with Gasteiger partial charge in [-0.2, -0.15) is 0 Å². The Balaban J connectivity index is 0.00000136. The van der Waals surface area contributed by atoms with Crippen molar-refractivity contribution in [3.05, 3.63) is 37.5 Å². The lowest BCUT2D eigenvalue weighted by atomic mass is 9.47. The van der Waals surface area contributed by atoms with Gasteiger partial charge in [-0.1, -0.05) is 58.9 Å². The molecule has 0 aliphatic heterocycles. The van der Waals surface area contributed by atoms with Crippen molar-refractivity contribution >= 4 is 5.71 Å². The highest BCUT2D eigenvalue weighted by Gasteiger charge is 2.58. The number of aliphatic imine (C=N–C) groups is 1. The average Bonchev–Trinajstić information content (AvgIpc) is 3.03. The first kappa shape index (κ1) is 25.9.